The zero-order chi connectivity index (χ0) is 20.6. The predicted octanol–water partition coefficient (Wildman–Crippen LogP) is 2.89. The molecule has 8 heteroatoms. The average Bonchev–Trinajstić information content (AvgIpc) is 2.99. The van der Waals surface area contributed by atoms with Gasteiger partial charge in [-0.3, -0.25) is 14.3 Å². The summed E-state index contributed by atoms with van der Waals surface area (Å²) in [5.41, 5.74) is 0. The van der Waals surface area contributed by atoms with Crippen molar-refractivity contribution >= 4 is 23.6 Å². The van der Waals surface area contributed by atoms with Gasteiger partial charge in [-0.2, -0.15) is 5.10 Å². The van der Waals surface area contributed by atoms with E-state index in [0.717, 1.165) is 6.42 Å². The summed E-state index contributed by atoms with van der Waals surface area (Å²) in [6.45, 7) is 9.86. The lowest BCUT2D eigenvalue weighted by molar-refractivity contribution is -0.136. The van der Waals surface area contributed by atoms with Crippen LogP contribution in [0.1, 0.15) is 53.9 Å². The maximum atomic E-state index is 12.6. The van der Waals surface area contributed by atoms with E-state index in [1.807, 2.05) is 34.6 Å². The molecule has 27 heavy (non-hydrogen) atoms. The second-order valence-electron chi connectivity index (χ2n) is 7.36. The normalized spacial score (nSPS) is 12.3. The Kier molecular flexibility index (Phi) is 8.97. The number of nitrogens with one attached hydrogen (secondary N) is 2. The van der Waals surface area contributed by atoms with E-state index in [4.69, 9.17) is 4.74 Å². The van der Waals surface area contributed by atoms with Gasteiger partial charge in [0.2, 0.25) is 5.78 Å². The zero-order valence-corrected chi connectivity index (χ0v) is 17.1. The van der Waals surface area contributed by atoms with E-state index < -0.39 is 23.8 Å². The van der Waals surface area contributed by atoms with Gasteiger partial charge in [0, 0.05) is 13.1 Å². The number of hydrogen-bond acceptors (Lipinski definition) is 5. The minimum Gasteiger partial charge on any atom is -0.446 e. The number of rotatable bonds is 10. The highest BCUT2D eigenvalue weighted by molar-refractivity contribution is 6.42. The first-order valence-corrected chi connectivity index (χ1v) is 9.47. The summed E-state index contributed by atoms with van der Waals surface area (Å²) in [4.78, 5) is 37.2. The number of unbranched alkanes of at least 4 members (excludes halogenated alkanes) is 1. The van der Waals surface area contributed by atoms with Crippen LogP contribution >= 0.6 is 0 Å². The first-order chi connectivity index (χ1) is 12.7. The molecule has 0 radical (unpaired) electrons. The molecule has 0 saturated heterocycles. The van der Waals surface area contributed by atoms with E-state index in [2.05, 4.69) is 15.7 Å². The number of amides is 2. The molecule has 0 aliphatic heterocycles. The highest BCUT2D eigenvalue weighted by Crippen LogP contribution is 2.16. The Balaban J connectivity index is 2.78. The molecule has 0 unspecified atom stereocenters. The first-order valence-electron chi connectivity index (χ1n) is 9.47. The molecule has 0 fully saturated rings. The van der Waals surface area contributed by atoms with Gasteiger partial charge in [0.1, 0.15) is 18.0 Å². The Morgan fingerprint density at radius 2 is 1.81 bits per heavy atom. The predicted molar refractivity (Wildman–Crippen MR) is 103 cm³/mol. The van der Waals surface area contributed by atoms with Gasteiger partial charge in [-0.05, 0) is 18.3 Å². The zero-order valence-electron chi connectivity index (χ0n) is 17.1. The maximum Gasteiger partial charge on any atom is 0.408 e. The van der Waals surface area contributed by atoms with E-state index in [1.165, 1.54) is 10.9 Å². The van der Waals surface area contributed by atoms with Gasteiger partial charge < -0.3 is 15.4 Å². The minimum atomic E-state index is -0.925. The number of hydrogen-bond donors (Lipinski definition) is 2. The van der Waals surface area contributed by atoms with Crippen molar-refractivity contribution in [2.45, 2.75) is 66.0 Å². The quantitative estimate of drug-likeness (QED) is 0.608. The molecular weight excluding hydrogens is 348 g/mol. The molecule has 1 aromatic rings. The van der Waals surface area contributed by atoms with Crippen molar-refractivity contribution in [2.24, 2.45) is 18.9 Å². The van der Waals surface area contributed by atoms with Gasteiger partial charge in [0.25, 0.3) is 5.91 Å². The summed E-state index contributed by atoms with van der Waals surface area (Å²) in [5.74, 6) is -0.788. The lowest BCUT2D eigenvalue weighted by atomic mass is 9.96. The molecule has 0 bridgehead atoms. The van der Waals surface area contributed by atoms with Crippen LogP contribution in [0.15, 0.2) is 12.3 Å². The molecule has 1 atom stereocenters. The molecule has 1 rings (SSSR count). The molecule has 0 spiro atoms. The third-order valence-electron chi connectivity index (χ3n) is 4.30. The van der Waals surface area contributed by atoms with Crippen LogP contribution in [0.3, 0.4) is 0 Å². The van der Waals surface area contributed by atoms with E-state index in [-0.39, 0.29) is 17.9 Å². The fraction of sp³-hybridized carbons (Fsp3) is 0.684. The third kappa shape index (κ3) is 7.03. The topological polar surface area (TPSA) is 102 Å². The number of aromatic nitrogens is 2. The van der Waals surface area contributed by atoms with E-state index in [9.17, 15) is 14.4 Å². The van der Waals surface area contributed by atoms with Crippen LogP contribution in [0, 0.1) is 11.8 Å². The summed E-state index contributed by atoms with van der Waals surface area (Å²) in [6.07, 6.45) is 2.48. The molecule has 0 saturated carbocycles. The summed E-state index contributed by atoms with van der Waals surface area (Å²) in [6, 6.07) is 0.662. The Hall–Kier alpha value is -2.38. The maximum absolute atomic E-state index is 12.6. The van der Waals surface area contributed by atoms with Gasteiger partial charge in [0.05, 0.1) is 6.20 Å². The van der Waals surface area contributed by atoms with Gasteiger partial charge >= 0.3 is 6.09 Å². The minimum absolute atomic E-state index is 0.147. The van der Waals surface area contributed by atoms with Crippen molar-refractivity contribution in [1.82, 2.24) is 15.1 Å². The highest BCUT2D eigenvalue weighted by atomic mass is 16.6. The second-order valence-corrected chi connectivity index (χ2v) is 7.36. The molecule has 0 aliphatic carbocycles. The molecule has 0 aromatic carbocycles. The lowest BCUT2D eigenvalue weighted by Gasteiger charge is -2.26. The van der Waals surface area contributed by atoms with Gasteiger partial charge in [-0.25, -0.2) is 4.79 Å². The van der Waals surface area contributed by atoms with Gasteiger partial charge in [0.15, 0.2) is 0 Å². The molecule has 152 valence electrons. The standard InChI is InChI=1S/C19H32N4O4/c1-7-8-9-14(21-19(26)27-17(12(2)3)13(4)5)16(24)18(25)22-15-10-11-20-23(15)6/h10-14,17H,7-9H2,1-6H3,(H,21,26)(H,22,25)/t14-/m0/s1. The van der Waals surface area contributed by atoms with E-state index >= 15 is 0 Å². The summed E-state index contributed by atoms with van der Waals surface area (Å²) < 4.78 is 6.94. The van der Waals surface area contributed by atoms with Gasteiger partial charge in [-0.1, -0.05) is 47.5 Å². The van der Waals surface area contributed by atoms with Crippen LogP contribution in [0.2, 0.25) is 0 Å². The van der Waals surface area contributed by atoms with Crippen LogP contribution in [0.25, 0.3) is 0 Å². The SMILES string of the molecule is CCCC[C@H](NC(=O)OC(C(C)C)C(C)C)C(=O)C(=O)Nc1ccnn1C. The number of Topliss-reactive ketones (excluding diaryl/α,β-unsaturated/α-hetero) is 1. The molecular formula is C19H32N4O4. The number of alkyl carbamates (subject to hydrolysis) is 1. The van der Waals surface area contributed by atoms with Crippen LogP contribution in [0.4, 0.5) is 10.6 Å². The number of anilines is 1. The second kappa shape index (κ2) is 10.7. The van der Waals surface area contributed by atoms with Crippen LogP contribution < -0.4 is 10.6 Å². The third-order valence-corrected chi connectivity index (χ3v) is 4.30. The first kappa shape index (κ1) is 22.7. The van der Waals surface area contributed by atoms with E-state index in [1.54, 1.807) is 13.1 Å². The average molecular weight is 380 g/mol. The smallest absolute Gasteiger partial charge is 0.408 e. The Labute approximate surface area is 161 Å². The summed E-state index contributed by atoms with van der Waals surface area (Å²) in [5, 5.41) is 9.03. The molecule has 2 N–H and O–H groups in total. The molecule has 0 aliphatic rings. The fourth-order valence-electron chi connectivity index (χ4n) is 2.85. The van der Waals surface area contributed by atoms with Crippen molar-refractivity contribution in [3.63, 3.8) is 0 Å². The number of carbonyl (C=O) groups excluding carboxylic acids is 3. The van der Waals surface area contributed by atoms with Crippen molar-refractivity contribution in [2.75, 3.05) is 5.32 Å². The number of ketones is 1. The molecule has 1 aromatic heterocycles. The van der Waals surface area contributed by atoms with Crippen LogP contribution in [0.5, 0.6) is 0 Å². The monoisotopic (exact) mass is 380 g/mol. The van der Waals surface area contributed by atoms with Crippen LogP contribution in [-0.2, 0) is 21.4 Å². The fourth-order valence-corrected chi connectivity index (χ4v) is 2.85. The number of aryl methyl sites for hydroxylation is 1. The number of carbonyl (C=O) groups is 3. The molecule has 1 heterocycles. The summed E-state index contributed by atoms with van der Waals surface area (Å²) >= 11 is 0. The Morgan fingerprint density at radius 1 is 1.19 bits per heavy atom. The molecule has 8 nitrogen and oxygen atoms in total. The van der Waals surface area contributed by atoms with Crippen molar-refractivity contribution in [1.29, 1.82) is 0 Å². The van der Waals surface area contributed by atoms with Crippen molar-refractivity contribution in [3.05, 3.63) is 12.3 Å². The van der Waals surface area contributed by atoms with Gasteiger partial charge in [-0.15, -0.1) is 0 Å². The van der Waals surface area contributed by atoms with Crippen LogP contribution in [-0.4, -0.2) is 39.7 Å². The summed E-state index contributed by atoms with van der Waals surface area (Å²) in [7, 11) is 1.66. The van der Waals surface area contributed by atoms with Crippen molar-refractivity contribution in [3.8, 4) is 0 Å². The van der Waals surface area contributed by atoms with E-state index in [0.29, 0.717) is 18.7 Å². The number of nitrogens with zero attached hydrogens (tertiary/aromatic N) is 2. The number of ether oxygens (including phenoxy) is 1. The highest BCUT2D eigenvalue weighted by Gasteiger charge is 2.29. The molecule has 2 amide bonds. The largest absolute Gasteiger partial charge is 0.446 e. The van der Waals surface area contributed by atoms with Crippen molar-refractivity contribution < 1.29 is 19.1 Å². The Morgan fingerprint density at radius 3 is 2.30 bits per heavy atom. The Bertz CT molecular complexity index is 631. The lowest BCUT2D eigenvalue weighted by Crippen LogP contribution is -2.47.